The molecule has 2 heteroatoms. The molecule has 0 spiro atoms. The van der Waals surface area contributed by atoms with Crippen LogP contribution in [-0.4, -0.2) is 19.0 Å². The largest absolute Gasteiger partial charge is 0.353 e. The maximum atomic E-state index is 5.96. The van der Waals surface area contributed by atoms with E-state index in [1.807, 2.05) is 13.8 Å². The molecule has 2 unspecified atom stereocenters. The fourth-order valence-corrected chi connectivity index (χ4v) is 2.57. The van der Waals surface area contributed by atoms with Gasteiger partial charge >= 0.3 is 0 Å². The third kappa shape index (κ3) is 4.52. The zero-order chi connectivity index (χ0) is 11.1. The van der Waals surface area contributed by atoms with Gasteiger partial charge in [0.05, 0.1) is 6.10 Å². The molecule has 2 atom stereocenters. The van der Waals surface area contributed by atoms with Gasteiger partial charge in [0, 0.05) is 6.61 Å². The topological polar surface area (TPSA) is 18.5 Å². The molecular weight excluding hydrogens is 188 g/mol. The Bertz CT molecular complexity index is 153. The average Bonchev–Trinajstić information content (AvgIpc) is 2.27. The van der Waals surface area contributed by atoms with Crippen molar-refractivity contribution in [3.05, 3.63) is 0 Å². The molecule has 0 bridgehead atoms. The van der Waals surface area contributed by atoms with Gasteiger partial charge in [-0.3, -0.25) is 0 Å². The van der Waals surface area contributed by atoms with Crippen LogP contribution in [0.3, 0.4) is 0 Å². The summed E-state index contributed by atoms with van der Waals surface area (Å²) < 4.78 is 11.4. The molecule has 0 aliphatic heterocycles. The molecule has 1 aliphatic rings. The van der Waals surface area contributed by atoms with Crippen LogP contribution in [0.2, 0.25) is 0 Å². The van der Waals surface area contributed by atoms with Crippen LogP contribution in [-0.2, 0) is 9.47 Å². The highest BCUT2D eigenvalue weighted by Gasteiger charge is 2.24. The minimum Gasteiger partial charge on any atom is -0.353 e. The molecule has 0 aromatic carbocycles. The molecule has 1 aliphatic carbocycles. The number of ether oxygens (including phenoxy) is 2. The van der Waals surface area contributed by atoms with Gasteiger partial charge in [-0.25, -0.2) is 0 Å². The molecule has 0 aromatic heterocycles. The van der Waals surface area contributed by atoms with Crippen LogP contribution in [0, 0.1) is 5.92 Å². The lowest BCUT2D eigenvalue weighted by atomic mass is 9.84. The Kier molecular flexibility index (Phi) is 6.26. The van der Waals surface area contributed by atoms with E-state index in [0.29, 0.717) is 6.10 Å². The summed E-state index contributed by atoms with van der Waals surface area (Å²) in [6, 6.07) is 0. The molecule has 0 aromatic rings. The van der Waals surface area contributed by atoms with Crippen LogP contribution in [0.4, 0.5) is 0 Å². The van der Waals surface area contributed by atoms with Gasteiger partial charge < -0.3 is 9.47 Å². The molecule has 0 saturated heterocycles. The van der Waals surface area contributed by atoms with Crippen molar-refractivity contribution in [2.24, 2.45) is 5.92 Å². The van der Waals surface area contributed by atoms with Gasteiger partial charge in [0.1, 0.15) is 0 Å². The van der Waals surface area contributed by atoms with Gasteiger partial charge in [-0.15, -0.1) is 0 Å². The summed E-state index contributed by atoms with van der Waals surface area (Å²) in [6.45, 7) is 6.98. The van der Waals surface area contributed by atoms with E-state index in [-0.39, 0.29) is 6.29 Å². The molecule has 90 valence electrons. The number of hydrogen-bond donors (Lipinski definition) is 0. The molecule has 0 N–H and O–H groups in total. The van der Waals surface area contributed by atoms with Gasteiger partial charge in [-0.2, -0.15) is 0 Å². The van der Waals surface area contributed by atoms with Crippen LogP contribution in [0.1, 0.15) is 59.3 Å². The maximum Gasteiger partial charge on any atom is 0.155 e. The Labute approximate surface area is 94.3 Å². The molecule has 0 amide bonds. The Morgan fingerprint density at radius 1 is 1.13 bits per heavy atom. The summed E-state index contributed by atoms with van der Waals surface area (Å²) in [4.78, 5) is 0. The molecule has 2 nitrogen and oxygen atoms in total. The second-order valence-corrected chi connectivity index (χ2v) is 4.50. The highest BCUT2D eigenvalue weighted by molar-refractivity contribution is 4.73. The fourth-order valence-electron chi connectivity index (χ4n) is 2.57. The Balaban J connectivity index is 2.32. The normalized spacial score (nSPS) is 22.6. The molecule has 1 fully saturated rings. The Hall–Kier alpha value is -0.0800. The van der Waals surface area contributed by atoms with E-state index in [9.17, 15) is 0 Å². The van der Waals surface area contributed by atoms with Crippen molar-refractivity contribution in [1.82, 2.24) is 0 Å². The summed E-state index contributed by atoms with van der Waals surface area (Å²) in [6.07, 6.45) is 8.35. The highest BCUT2D eigenvalue weighted by atomic mass is 16.7. The molecule has 0 radical (unpaired) electrons. The molecule has 0 heterocycles. The molecule has 1 rings (SSSR count). The zero-order valence-corrected chi connectivity index (χ0v) is 10.5. The van der Waals surface area contributed by atoms with E-state index in [1.165, 1.54) is 32.1 Å². The summed E-state index contributed by atoms with van der Waals surface area (Å²) in [5, 5.41) is 0. The van der Waals surface area contributed by atoms with Gasteiger partial charge in [-0.05, 0) is 39.0 Å². The smallest absolute Gasteiger partial charge is 0.155 e. The minimum absolute atomic E-state index is 0.0399. The first kappa shape index (κ1) is 13.0. The lowest BCUT2D eigenvalue weighted by Crippen LogP contribution is -2.30. The van der Waals surface area contributed by atoms with E-state index < -0.39 is 0 Å². The van der Waals surface area contributed by atoms with Crippen molar-refractivity contribution in [2.45, 2.75) is 71.7 Å². The van der Waals surface area contributed by atoms with Crippen molar-refractivity contribution in [2.75, 3.05) is 6.61 Å². The third-order valence-corrected chi connectivity index (χ3v) is 3.35. The van der Waals surface area contributed by atoms with E-state index >= 15 is 0 Å². The van der Waals surface area contributed by atoms with Crippen molar-refractivity contribution in [3.63, 3.8) is 0 Å². The van der Waals surface area contributed by atoms with Crippen molar-refractivity contribution >= 4 is 0 Å². The first-order valence-corrected chi connectivity index (χ1v) is 6.55. The predicted molar refractivity (Wildman–Crippen MR) is 62.8 cm³/mol. The summed E-state index contributed by atoms with van der Waals surface area (Å²) in [5.41, 5.74) is 0. The van der Waals surface area contributed by atoms with Crippen molar-refractivity contribution in [3.8, 4) is 0 Å². The first-order valence-electron chi connectivity index (χ1n) is 6.55. The third-order valence-electron chi connectivity index (χ3n) is 3.35. The Morgan fingerprint density at radius 2 is 1.80 bits per heavy atom. The van der Waals surface area contributed by atoms with Crippen LogP contribution in [0.15, 0.2) is 0 Å². The van der Waals surface area contributed by atoms with Crippen LogP contribution >= 0.6 is 0 Å². The summed E-state index contributed by atoms with van der Waals surface area (Å²) >= 11 is 0. The zero-order valence-electron chi connectivity index (χ0n) is 10.5. The Morgan fingerprint density at radius 3 is 2.33 bits per heavy atom. The lowest BCUT2D eigenvalue weighted by molar-refractivity contribution is -0.173. The van der Waals surface area contributed by atoms with Gasteiger partial charge in [0.15, 0.2) is 6.29 Å². The van der Waals surface area contributed by atoms with E-state index in [0.717, 1.165) is 18.9 Å². The van der Waals surface area contributed by atoms with Crippen LogP contribution < -0.4 is 0 Å². The van der Waals surface area contributed by atoms with Gasteiger partial charge in [0.2, 0.25) is 0 Å². The van der Waals surface area contributed by atoms with Crippen LogP contribution in [0.5, 0.6) is 0 Å². The predicted octanol–water partition coefficient (Wildman–Crippen LogP) is 3.74. The minimum atomic E-state index is -0.0399. The lowest BCUT2D eigenvalue weighted by Gasteiger charge is -2.31. The quantitative estimate of drug-likeness (QED) is 0.627. The number of rotatable bonds is 6. The fraction of sp³-hybridized carbons (Fsp3) is 1.00. The van der Waals surface area contributed by atoms with Crippen molar-refractivity contribution < 1.29 is 9.47 Å². The number of hydrogen-bond acceptors (Lipinski definition) is 2. The summed E-state index contributed by atoms with van der Waals surface area (Å²) in [5.74, 6) is 0.770. The van der Waals surface area contributed by atoms with E-state index in [4.69, 9.17) is 9.47 Å². The van der Waals surface area contributed by atoms with Crippen LogP contribution in [0.25, 0.3) is 0 Å². The monoisotopic (exact) mass is 214 g/mol. The molecule has 1 saturated carbocycles. The SMILES string of the molecule is CCOC(C)OC(CC)C1CCCCC1. The highest BCUT2D eigenvalue weighted by Crippen LogP contribution is 2.29. The first-order chi connectivity index (χ1) is 7.27. The standard InChI is InChI=1S/C13H26O2/c1-4-13(15-11(3)14-5-2)12-9-7-6-8-10-12/h11-13H,4-10H2,1-3H3. The van der Waals surface area contributed by atoms with E-state index in [2.05, 4.69) is 6.92 Å². The van der Waals surface area contributed by atoms with Gasteiger partial charge in [-0.1, -0.05) is 26.2 Å². The van der Waals surface area contributed by atoms with Crippen molar-refractivity contribution in [1.29, 1.82) is 0 Å². The average molecular weight is 214 g/mol. The van der Waals surface area contributed by atoms with E-state index in [1.54, 1.807) is 0 Å². The van der Waals surface area contributed by atoms with Gasteiger partial charge in [0.25, 0.3) is 0 Å². The second-order valence-electron chi connectivity index (χ2n) is 4.50. The maximum absolute atomic E-state index is 5.96. The molecule has 15 heavy (non-hydrogen) atoms. The second kappa shape index (κ2) is 7.24. The molecular formula is C13H26O2. The summed E-state index contributed by atoms with van der Waals surface area (Å²) in [7, 11) is 0.